The Morgan fingerprint density at radius 1 is 1.31 bits per heavy atom. The Bertz CT molecular complexity index is 282. The molecule has 0 saturated carbocycles. The van der Waals surface area contributed by atoms with E-state index in [0.717, 1.165) is 19.5 Å². The molecule has 2 heteroatoms. The molecule has 0 unspecified atom stereocenters. The molecule has 0 saturated heterocycles. The van der Waals surface area contributed by atoms with Crippen molar-refractivity contribution >= 4 is 0 Å². The maximum absolute atomic E-state index is 8.57. The van der Waals surface area contributed by atoms with Crippen molar-refractivity contribution in [2.75, 3.05) is 6.54 Å². The molecule has 0 atom stereocenters. The van der Waals surface area contributed by atoms with E-state index in [1.165, 1.54) is 5.56 Å². The Morgan fingerprint density at radius 3 is 2.54 bits per heavy atom. The van der Waals surface area contributed by atoms with E-state index in [0.29, 0.717) is 5.56 Å². The summed E-state index contributed by atoms with van der Waals surface area (Å²) in [5, 5.41) is 11.8. The number of nitrogens with zero attached hydrogens (tertiary/aromatic N) is 1. The van der Waals surface area contributed by atoms with Crippen molar-refractivity contribution in [3.05, 3.63) is 42.3 Å². The molecule has 0 aliphatic carbocycles. The number of hydrogen-bond donors (Lipinski definition) is 1. The predicted molar refractivity (Wildman–Crippen MR) is 52.8 cm³/mol. The Hall–Kier alpha value is -1.33. The van der Waals surface area contributed by atoms with Crippen LogP contribution in [0.1, 0.15) is 17.5 Å². The van der Waals surface area contributed by atoms with Gasteiger partial charge < -0.3 is 5.32 Å². The van der Waals surface area contributed by atoms with Gasteiger partial charge >= 0.3 is 0 Å². The van der Waals surface area contributed by atoms with E-state index in [9.17, 15) is 0 Å². The van der Waals surface area contributed by atoms with Crippen molar-refractivity contribution in [2.24, 2.45) is 0 Å². The fourth-order valence-electron chi connectivity index (χ4n) is 1.05. The molecule has 67 valence electrons. The topological polar surface area (TPSA) is 35.8 Å². The van der Waals surface area contributed by atoms with Gasteiger partial charge in [0.25, 0.3) is 0 Å². The van der Waals surface area contributed by atoms with Crippen LogP contribution < -0.4 is 5.32 Å². The average Bonchev–Trinajstić information content (AvgIpc) is 2.19. The summed E-state index contributed by atoms with van der Waals surface area (Å²) in [5.74, 6) is 0. The molecule has 0 spiro atoms. The average molecular weight is 173 g/mol. The van der Waals surface area contributed by atoms with Gasteiger partial charge in [-0.25, -0.2) is 0 Å². The van der Waals surface area contributed by atoms with Crippen LogP contribution in [0.3, 0.4) is 0 Å². The van der Waals surface area contributed by atoms with Gasteiger partial charge in [0, 0.05) is 6.54 Å². The number of benzene rings is 1. The minimum Gasteiger partial charge on any atom is -0.313 e. The Kier molecular flexibility index (Phi) is 4.01. The summed E-state index contributed by atoms with van der Waals surface area (Å²) in [4.78, 5) is 0. The standard InChI is InChI=1S/C11H13N2/c1-2-7-13-9-11-5-3-10(8-12)4-6-11/h3-6,13H,1-2,7,9H2. The van der Waals surface area contributed by atoms with Crippen LogP contribution in [0.5, 0.6) is 0 Å². The molecule has 2 nitrogen and oxygen atoms in total. The zero-order valence-corrected chi connectivity index (χ0v) is 7.59. The van der Waals surface area contributed by atoms with Crippen LogP contribution >= 0.6 is 0 Å². The number of rotatable bonds is 4. The minimum absolute atomic E-state index is 0.709. The van der Waals surface area contributed by atoms with Crippen molar-refractivity contribution in [1.29, 1.82) is 5.26 Å². The predicted octanol–water partition coefficient (Wildman–Crippen LogP) is 1.87. The smallest absolute Gasteiger partial charge is 0.0991 e. The van der Waals surface area contributed by atoms with Crippen LogP contribution in [0.4, 0.5) is 0 Å². The summed E-state index contributed by atoms with van der Waals surface area (Å²) >= 11 is 0. The Balaban J connectivity index is 2.46. The van der Waals surface area contributed by atoms with E-state index in [2.05, 4.69) is 18.3 Å². The number of nitriles is 1. The molecule has 1 aromatic rings. The molecule has 0 aliphatic heterocycles. The van der Waals surface area contributed by atoms with E-state index >= 15 is 0 Å². The monoisotopic (exact) mass is 173 g/mol. The van der Waals surface area contributed by atoms with Gasteiger partial charge in [-0.1, -0.05) is 19.1 Å². The van der Waals surface area contributed by atoms with Gasteiger partial charge in [-0.2, -0.15) is 5.26 Å². The van der Waals surface area contributed by atoms with Crippen molar-refractivity contribution < 1.29 is 0 Å². The lowest BCUT2D eigenvalue weighted by atomic mass is 10.1. The first-order valence-electron chi connectivity index (χ1n) is 4.36. The quantitative estimate of drug-likeness (QED) is 0.705. The lowest BCUT2D eigenvalue weighted by Gasteiger charge is -2.02. The van der Waals surface area contributed by atoms with E-state index in [1.807, 2.05) is 24.3 Å². The van der Waals surface area contributed by atoms with Gasteiger partial charge in [0.2, 0.25) is 0 Å². The molecule has 0 heterocycles. The lowest BCUT2D eigenvalue weighted by molar-refractivity contribution is 0.694. The zero-order valence-electron chi connectivity index (χ0n) is 7.59. The number of nitrogens with one attached hydrogen (secondary N) is 1. The zero-order chi connectivity index (χ0) is 9.52. The first kappa shape index (κ1) is 9.76. The molecule has 0 bridgehead atoms. The molecule has 0 fully saturated rings. The summed E-state index contributed by atoms with van der Waals surface area (Å²) in [5.41, 5.74) is 1.91. The first-order valence-corrected chi connectivity index (χ1v) is 4.36. The van der Waals surface area contributed by atoms with Crippen LogP contribution in [0.15, 0.2) is 24.3 Å². The van der Waals surface area contributed by atoms with E-state index < -0.39 is 0 Å². The van der Waals surface area contributed by atoms with Gasteiger partial charge in [-0.15, -0.1) is 0 Å². The second-order valence-corrected chi connectivity index (χ2v) is 2.84. The minimum atomic E-state index is 0.709. The van der Waals surface area contributed by atoms with Crippen LogP contribution in [-0.4, -0.2) is 6.54 Å². The normalized spacial score (nSPS) is 9.54. The molecule has 0 amide bonds. The van der Waals surface area contributed by atoms with Crippen LogP contribution in [0, 0.1) is 18.3 Å². The van der Waals surface area contributed by atoms with E-state index in [1.54, 1.807) is 0 Å². The lowest BCUT2D eigenvalue weighted by Crippen LogP contribution is -2.13. The summed E-state index contributed by atoms with van der Waals surface area (Å²) in [7, 11) is 0. The van der Waals surface area contributed by atoms with Gasteiger partial charge in [0.1, 0.15) is 0 Å². The SMILES string of the molecule is [CH2]CCNCc1ccc(C#N)cc1. The first-order chi connectivity index (χ1) is 6.36. The molecule has 0 aromatic heterocycles. The maximum Gasteiger partial charge on any atom is 0.0991 e. The molecule has 1 radical (unpaired) electrons. The highest BCUT2D eigenvalue weighted by atomic mass is 14.8. The van der Waals surface area contributed by atoms with Crippen LogP contribution in [0.25, 0.3) is 0 Å². The largest absolute Gasteiger partial charge is 0.313 e. The van der Waals surface area contributed by atoms with Crippen LogP contribution in [0.2, 0.25) is 0 Å². The highest BCUT2D eigenvalue weighted by molar-refractivity contribution is 5.31. The molecule has 0 aliphatic rings. The fourth-order valence-corrected chi connectivity index (χ4v) is 1.05. The Morgan fingerprint density at radius 2 is 2.00 bits per heavy atom. The maximum atomic E-state index is 8.57. The van der Waals surface area contributed by atoms with Gasteiger partial charge in [-0.05, 0) is 30.7 Å². The summed E-state index contributed by atoms with van der Waals surface area (Å²) in [6.45, 7) is 5.52. The third-order valence-electron chi connectivity index (χ3n) is 1.77. The molecule has 1 N–H and O–H groups in total. The molecule has 1 aromatic carbocycles. The van der Waals surface area contributed by atoms with Crippen molar-refractivity contribution in [3.8, 4) is 6.07 Å². The van der Waals surface area contributed by atoms with Gasteiger partial charge in [-0.3, -0.25) is 0 Å². The van der Waals surface area contributed by atoms with E-state index in [-0.39, 0.29) is 0 Å². The van der Waals surface area contributed by atoms with Crippen molar-refractivity contribution in [3.63, 3.8) is 0 Å². The van der Waals surface area contributed by atoms with E-state index in [4.69, 9.17) is 5.26 Å². The summed E-state index contributed by atoms with van der Waals surface area (Å²) < 4.78 is 0. The molecular formula is C11H13N2. The molecule has 1 rings (SSSR count). The fraction of sp³-hybridized carbons (Fsp3) is 0.273. The van der Waals surface area contributed by atoms with Crippen molar-refractivity contribution in [1.82, 2.24) is 5.32 Å². The second kappa shape index (κ2) is 5.34. The Labute approximate surface area is 79.2 Å². The van der Waals surface area contributed by atoms with Crippen molar-refractivity contribution in [2.45, 2.75) is 13.0 Å². The van der Waals surface area contributed by atoms with Gasteiger partial charge in [0.15, 0.2) is 0 Å². The summed E-state index contributed by atoms with van der Waals surface area (Å²) in [6, 6.07) is 9.69. The number of hydrogen-bond acceptors (Lipinski definition) is 2. The third-order valence-corrected chi connectivity index (χ3v) is 1.77. The summed E-state index contributed by atoms with van der Waals surface area (Å²) in [6.07, 6.45) is 0.899. The van der Waals surface area contributed by atoms with Gasteiger partial charge in [0.05, 0.1) is 11.6 Å². The highest BCUT2D eigenvalue weighted by Gasteiger charge is 1.92. The highest BCUT2D eigenvalue weighted by Crippen LogP contribution is 2.02. The molecular weight excluding hydrogens is 160 g/mol. The van der Waals surface area contributed by atoms with Crippen LogP contribution in [-0.2, 0) is 6.54 Å². The third kappa shape index (κ3) is 3.27. The molecule has 13 heavy (non-hydrogen) atoms. The second-order valence-electron chi connectivity index (χ2n) is 2.84.